The minimum absolute atomic E-state index is 0.213. The van der Waals surface area contributed by atoms with Gasteiger partial charge in [0, 0.05) is 5.92 Å². The van der Waals surface area contributed by atoms with Gasteiger partial charge in [-0.15, -0.1) is 0 Å². The summed E-state index contributed by atoms with van der Waals surface area (Å²) in [6.45, 7) is 0. The Balaban J connectivity index is 2.32. The maximum atomic E-state index is 10.6. The van der Waals surface area contributed by atoms with E-state index in [-0.39, 0.29) is 5.92 Å². The Morgan fingerprint density at radius 3 is 2.46 bits per heavy atom. The molecule has 0 bridgehead atoms. The lowest BCUT2D eigenvalue weighted by atomic mass is 9.83. The van der Waals surface area contributed by atoms with Gasteiger partial charge in [0.2, 0.25) is 0 Å². The first-order valence-electron chi connectivity index (χ1n) is 4.51. The molecule has 2 nitrogen and oxygen atoms in total. The first kappa shape index (κ1) is 8.45. The summed E-state index contributed by atoms with van der Waals surface area (Å²) >= 11 is 0. The third-order valence-electron chi connectivity index (χ3n) is 2.67. The average molecular weight is 176 g/mol. The molecule has 1 aromatic rings. The molecule has 0 spiro atoms. The second-order valence-electron chi connectivity index (χ2n) is 3.54. The molecule has 0 heterocycles. The van der Waals surface area contributed by atoms with Crippen LogP contribution in [0.2, 0.25) is 0 Å². The number of hydrogen-bond donors (Lipinski definition) is 1. The Kier molecular flexibility index (Phi) is 2.15. The fourth-order valence-corrected chi connectivity index (χ4v) is 1.86. The molecule has 2 rings (SSSR count). The number of carbonyl (C=O) groups excluding carboxylic acids is 1. The van der Waals surface area contributed by atoms with Crippen LogP contribution in [0.4, 0.5) is 0 Å². The van der Waals surface area contributed by atoms with Crippen LogP contribution in [0.15, 0.2) is 24.3 Å². The fraction of sp³-hybridized carbons (Fsp3) is 0.364. The highest BCUT2D eigenvalue weighted by Crippen LogP contribution is 2.24. The number of aliphatic hydroxyl groups is 1. The van der Waals surface area contributed by atoms with E-state index < -0.39 is 6.10 Å². The standard InChI is InChI=1S/C11H12O2/c12-7-10-5-8-3-1-2-4-9(8)6-11(10)13/h1-4,7,10-11,13H,5-6H2. The molecular formula is C11H12O2. The smallest absolute Gasteiger partial charge is 0.125 e. The molecule has 13 heavy (non-hydrogen) atoms. The quantitative estimate of drug-likeness (QED) is 0.647. The van der Waals surface area contributed by atoms with Gasteiger partial charge in [-0.2, -0.15) is 0 Å². The van der Waals surface area contributed by atoms with Gasteiger partial charge in [-0.25, -0.2) is 0 Å². The van der Waals surface area contributed by atoms with Crippen LogP contribution in [-0.2, 0) is 17.6 Å². The van der Waals surface area contributed by atoms with E-state index in [0.717, 1.165) is 6.29 Å². The molecule has 1 aromatic carbocycles. The molecule has 0 saturated heterocycles. The van der Waals surface area contributed by atoms with Gasteiger partial charge in [0.25, 0.3) is 0 Å². The van der Waals surface area contributed by atoms with E-state index in [1.54, 1.807) is 0 Å². The van der Waals surface area contributed by atoms with E-state index in [1.165, 1.54) is 11.1 Å². The van der Waals surface area contributed by atoms with Crippen molar-refractivity contribution in [2.75, 3.05) is 0 Å². The monoisotopic (exact) mass is 176 g/mol. The van der Waals surface area contributed by atoms with Gasteiger partial charge < -0.3 is 9.90 Å². The molecule has 68 valence electrons. The molecule has 2 atom stereocenters. The van der Waals surface area contributed by atoms with Crippen LogP contribution in [0, 0.1) is 5.92 Å². The number of benzene rings is 1. The van der Waals surface area contributed by atoms with Crippen molar-refractivity contribution in [2.24, 2.45) is 5.92 Å². The number of aldehydes is 1. The Hall–Kier alpha value is -1.15. The van der Waals surface area contributed by atoms with Crippen LogP contribution in [-0.4, -0.2) is 17.5 Å². The normalized spacial score (nSPS) is 26.5. The molecule has 0 amide bonds. The summed E-state index contributed by atoms with van der Waals surface area (Å²) in [4.78, 5) is 10.6. The zero-order chi connectivity index (χ0) is 9.26. The topological polar surface area (TPSA) is 37.3 Å². The first-order valence-corrected chi connectivity index (χ1v) is 4.51. The third-order valence-corrected chi connectivity index (χ3v) is 2.67. The highest BCUT2D eigenvalue weighted by Gasteiger charge is 2.25. The van der Waals surface area contributed by atoms with Gasteiger partial charge in [-0.1, -0.05) is 24.3 Å². The SMILES string of the molecule is O=CC1Cc2ccccc2CC1O. The second kappa shape index (κ2) is 3.30. The first-order chi connectivity index (χ1) is 6.31. The molecule has 0 aliphatic heterocycles. The van der Waals surface area contributed by atoms with E-state index in [9.17, 15) is 9.90 Å². The molecule has 2 unspecified atom stereocenters. The van der Waals surface area contributed by atoms with Crippen molar-refractivity contribution >= 4 is 6.29 Å². The lowest BCUT2D eigenvalue weighted by Crippen LogP contribution is -2.30. The summed E-state index contributed by atoms with van der Waals surface area (Å²) in [5.41, 5.74) is 2.37. The van der Waals surface area contributed by atoms with Crippen LogP contribution in [0.3, 0.4) is 0 Å². The van der Waals surface area contributed by atoms with Crippen LogP contribution in [0.1, 0.15) is 11.1 Å². The molecule has 0 saturated carbocycles. The van der Waals surface area contributed by atoms with Crippen molar-refractivity contribution in [3.05, 3.63) is 35.4 Å². The maximum Gasteiger partial charge on any atom is 0.125 e. The van der Waals surface area contributed by atoms with Gasteiger partial charge in [0.1, 0.15) is 6.29 Å². The predicted octanol–water partition coefficient (Wildman–Crippen LogP) is 0.961. The van der Waals surface area contributed by atoms with Crippen molar-refractivity contribution in [3.63, 3.8) is 0 Å². The number of carbonyl (C=O) groups is 1. The Morgan fingerprint density at radius 2 is 1.85 bits per heavy atom. The Bertz CT molecular complexity index is 320. The van der Waals surface area contributed by atoms with Crippen LogP contribution < -0.4 is 0 Å². The molecule has 0 aromatic heterocycles. The van der Waals surface area contributed by atoms with Crippen molar-refractivity contribution in [2.45, 2.75) is 18.9 Å². The second-order valence-corrected chi connectivity index (χ2v) is 3.54. The van der Waals surface area contributed by atoms with Gasteiger partial charge in [0.05, 0.1) is 6.10 Å². The minimum atomic E-state index is -0.493. The van der Waals surface area contributed by atoms with Crippen LogP contribution in [0.5, 0.6) is 0 Å². The van der Waals surface area contributed by atoms with Crippen LogP contribution >= 0.6 is 0 Å². The van der Waals surface area contributed by atoms with E-state index in [4.69, 9.17) is 0 Å². The molecule has 1 N–H and O–H groups in total. The molecule has 0 radical (unpaired) electrons. The van der Waals surface area contributed by atoms with Gasteiger partial charge in [-0.05, 0) is 24.0 Å². The number of rotatable bonds is 1. The van der Waals surface area contributed by atoms with Gasteiger partial charge >= 0.3 is 0 Å². The third kappa shape index (κ3) is 1.49. The molecule has 2 heteroatoms. The molecule has 1 aliphatic carbocycles. The summed E-state index contributed by atoms with van der Waals surface area (Å²) < 4.78 is 0. The summed E-state index contributed by atoms with van der Waals surface area (Å²) in [5.74, 6) is -0.213. The van der Waals surface area contributed by atoms with Crippen molar-refractivity contribution in [1.82, 2.24) is 0 Å². The summed E-state index contributed by atoms with van der Waals surface area (Å²) in [6.07, 6.45) is 1.66. The van der Waals surface area contributed by atoms with Gasteiger partial charge in [-0.3, -0.25) is 0 Å². The summed E-state index contributed by atoms with van der Waals surface area (Å²) in [5, 5.41) is 9.58. The van der Waals surface area contributed by atoms with Crippen molar-refractivity contribution in [1.29, 1.82) is 0 Å². The van der Waals surface area contributed by atoms with E-state index in [1.807, 2.05) is 24.3 Å². The Morgan fingerprint density at radius 1 is 1.23 bits per heavy atom. The largest absolute Gasteiger partial charge is 0.392 e. The van der Waals surface area contributed by atoms with Crippen LogP contribution in [0.25, 0.3) is 0 Å². The van der Waals surface area contributed by atoms with E-state index in [2.05, 4.69) is 0 Å². The average Bonchev–Trinajstić information content (AvgIpc) is 2.17. The lowest BCUT2D eigenvalue weighted by molar-refractivity contribution is -0.114. The lowest BCUT2D eigenvalue weighted by Gasteiger charge is -2.25. The summed E-state index contributed by atoms with van der Waals surface area (Å²) in [7, 11) is 0. The van der Waals surface area contributed by atoms with Gasteiger partial charge in [0.15, 0.2) is 0 Å². The highest BCUT2D eigenvalue weighted by molar-refractivity contribution is 5.57. The van der Waals surface area contributed by atoms with Crippen molar-refractivity contribution < 1.29 is 9.90 Å². The molecule has 0 fully saturated rings. The van der Waals surface area contributed by atoms with Crippen molar-refractivity contribution in [3.8, 4) is 0 Å². The van der Waals surface area contributed by atoms with E-state index >= 15 is 0 Å². The Labute approximate surface area is 77.2 Å². The zero-order valence-electron chi connectivity index (χ0n) is 7.31. The minimum Gasteiger partial charge on any atom is -0.392 e. The van der Waals surface area contributed by atoms with E-state index in [0.29, 0.717) is 12.8 Å². The number of aliphatic hydroxyl groups excluding tert-OH is 1. The summed E-state index contributed by atoms with van der Waals surface area (Å²) in [6, 6.07) is 7.97. The number of hydrogen-bond acceptors (Lipinski definition) is 2. The fourth-order valence-electron chi connectivity index (χ4n) is 1.86. The highest BCUT2D eigenvalue weighted by atomic mass is 16.3. The number of fused-ring (bicyclic) bond motifs is 1. The maximum absolute atomic E-state index is 10.6. The zero-order valence-corrected chi connectivity index (χ0v) is 7.31. The molecular weight excluding hydrogens is 164 g/mol. The molecule has 1 aliphatic rings. The predicted molar refractivity (Wildman–Crippen MR) is 49.4 cm³/mol.